The van der Waals surface area contributed by atoms with Crippen molar-refractivity contribution in [2.24, 2.45) is 5.73 Å². The standard InChI is InChI=1S/C9H8F3NS/c1-5-4-6(9(10,11)12)2-3-7(5)8(13)14/h2-4H,1H3,(H2,13,14). The van der Waals surface area contributed by atoms with E-state index in [1.807, 2.05) is 0 Å². The topological polar surface area (TPSA) is 26.0 Å². The van der Waals surface area contributed by atoms with Gasteiger partial charge in [0, 0.05) is 5.56 Å². The lowest BCUT2D eigenvalue weighted by Gasteiger charge is -2.09. The van der Waals surface area contributed by atoms with E-state index in [-0.39, 0.29) is 4.99 Å². The minimum Gasteiger partial charge on any atom is -0.389 e. The molecule has 0 bridgehead atoms. The van der Waals surface area contributed by atoms with Crippen molar-refractivity contribution in [2.45, 2.75) is 13.1 Å². The summed E-state index contributed by atoms with van der Waals surface area (Å²) in [7, 11) is 0. The molecule has 0 fully saturated rings. The molecule has 0 spiro atoms. The second-order valence-corrected chi connectivity index (χ2v) is 3.33. The average Bonchev–Trinajstić information content (AvgIpc) is 2.01. The van der Waals surface area contributed by atoms with E-state index in [0.29, 0.717) is 11.1 Å². The van der Waals surface area contributed by atoms with Gasteiger partial charge in [-0.25, -0.2) is 0 Å². The number of halogens is 3. The summed E-state index contributed by atoms with van der Waals surface area (Å²) in [5.41, 5.74) is 5.56. The third-order valence-corrected chi connectivity index (χ3v) is 2.04. The van der Waals surface area contributed by atoms with Gasteiger partial charge in [0.05, 0.1) is 5.56 Å². The van der Waals surface area contributed by atoms with Crippen LogP contribution in [0.4, 0.5) is 13.2 Å². The number of nitrogens with two attached hydrogens (primary N) is 1. The molecule has 0 saturated carbocycles. The summed E-state index contributed by atoms with van der Waals surface area (Å²) in [6.45, 7) is 1.55. The number of alkyl halides is 3. The van der Waals surface area contributed by atoms with E-state index in [9.17, 15) is 13.2 Å². The first-order valence-corrected chi connectivity index (χ1v) is 4.21. The first kappa shape index (κ1) is 11.0. The molecule has 1 rings (SSSR count). The van der Waals surface area contributed by atoms with Crippen molar-refractivity contribution in [1.82, 2.24) is 0 Å². The molecule has 1 nitrogen and oxygen atoms in total. The third-order valence-electron chi connectivity index (χ3n) is 1.82. The molecule has 0 aliphatic heterocycles. The summed E-state index contributed by atoms with van der Waals surface area (Å²) >= 11 is 4.68. The van der Waals surface area contributed by atoms with Gasteiger partial charge in [-0.05, 0) is 24.6 Å². The lowest BCUT2D eigenvalue weighted by molar-refractivity contribution is -0.137. The predicted molar refractivity (Wildman–Crippen MR) is 52.1 cm³/mol. The Morgan fingerprint density at radius 2 is 1.93 bits per heavy atom. The van der Waals surface area contributed by atoms with Gasteiger partial charge in [-0.15, -0.1) is 0 Å². The van der Waals surface area contributed by atoms with Crippen LogP contribution in [0.5, 0.6) is 0 Å². The van der Waals surface area contributed by atoms with Crippen LogP contribution in [0.2, 0.25) is 0 Å². The molecule has 1 aromatic carbocycles. The summed E-state index contributed by atoms with van der Waals surface area (Å²) in [4.78, 5) is 0.108. The average molecular weight is 219 g/mol. The Kier molecular flexibility index (Phi) is 2.80. The van der Waals surface area contributed by atoms with Crippen LogP contribution in [0, 0.1) is 6.92 Å². The molecule has 0 atom stereocenters. The number of rotatable bonds is 1. The summed E-state index contributed by atoms with van der Waals surface area (Å²) < 4.78 is 36.7. The van der Waals surface area contributed by atoms with Gasteiger partial charge in [-0.2, -0.15) is 13.2 Å². The first-order valence-electron chi connectivity index (χ1n) is 3.80. The van der Waals surface area contributed by atoms with Crippen LogP contribution in [0.15, 0.2) is 18.2 Å². The molecule has 5 heteroatoms. The number of hydrogen-bond acceptors (Lipinski definition) is 1. The molecule has 0 aromatic heterocycles. The SMILES string of the molecule is Cc1cc(C(F)(F)F)ccc1C(N)=S. The molecule has 0 amide bonds. The van der Waals surface area contributed by atoms with E-state index in [4.69, 9.17) is 5.73 Å². The summed E-state index contributed by atoms with van der Waals surface area (Å²) in [5.74, 6) is 0. The highest BCUT2D eigenvalue weighted by Gasteiger charge is 2.30. The Balaban J connectivity index is 3.20. The fraction of sp³-hybridized carbons (Fsp3) is 0.222. The highest BCUT2D eigenvalue weighted by molar-refractivity contribution is 7.80. The van der Waals surface area contributed by atoms with Gasteiger partial charge in [-0.1, -0.05) is 18.3 Å². The zero-order valence-corrected chi connectivity index (χ0v) is 8.17. The van der Waals surface area contributed by atoms with Gasteiger partial charge in [-0.3, -0.25) is 0 Å². The molecule has 0 unspecified atom stereocenters. The first-order chi connectivity index (χ1) is 6.32. The summed E-state index contributed by atoms with van der Waals surface area (Å²) in [6.07, 6.45) is -4.32. The largest absolute Gasteiger partial charge is 0.416 e. The third kappa shape index (κ3) is 2.23. The fourth-order valence-corrected chi connectivity index (χ4v) is 1.35. The minimum atomic E-state index is -4.32. The Morgan fingerprint density at radius 3 is 2.29 bits per heavy atom. The molecule has 0 heterocycles. The Morgan fingerprint density at radius 1 is 1.36 bits per heavy atom. The molecule has 0 aliphatic carbocycles. The molecule has 0 radical (unpaired) electrons. The summed E-state index contributed by atoms with van der Waals surface area (Å²) in [6, 6.07) is 3.30. The van der Waals surface area contributed by atoms with Crippen LogP contribution in [-0.4, -0.2) is 4.99 Å². The van der Waals surface area contributed by atoms with Crippen LogP contribution in [0.25, 0.3) is 0 Å². The predicted octanol–water partition coefficient (Wildman–Crippen LogP) is 2.65. The smallest absolute Gasteiger partial charge is 0.389 e. The Hall–Kier alpha value is -1.10. The van der Waals surface area contributed by atoms with Gasteiger partial charge < -0.3 is 5.73 Å². The fourth-order valence-electron chi connectivity index (χ4n) is 1.12. The van der Waals surface area contributed by atoms with Crippen LogP contribution < -0.4 is 5.73 Å². The van der Waals surface area contributed by atoms with E-state index < -0.39 is 11.7 Å². The van der Waals surface area contributed by atoms with Gasteiger partial charge in [0.1, 0.15) is 4.99 Å². The van der Waals surface area contributed by atoms with Gasteiger partial charge in [0.2, 0.25) is 0 Å². The van der Waals surface area contributed by atoms with E-state index in [0.717, 1.165) is 12.1 Å². The maximum atomic E-state index is 12.2. The van der Waals surface area contributed by atoms with E-state index >= 15 is 0 Å². The number of aryl methyl sites for hydroxylation is 1. The van der Waals surface area contributed by atoms with Crippen molar-refractivity contribution < 1.29 is 13.2 Å². The van der Waals surface area contributed by atoms with Crippen molar-refractivity contribution in [1.29, 1.82) is 0 Å². The van der Waals surface area contributed by atoms with Crippen molar-refractivity contribution in [3.05, 3.63) is 34.9 Å². The lowest BCUT2D eigenvalue weighted by Crippen LogP contribution is -2.13. The normalized spacial score (nSPS) is 11.4. The molecule has 76 valence electrons. The highest BCUT2D eigenvalue weighted by atomic mass is 32.1. The molecule has 2 N–H and O–H groups in total. The van der Waals surface area contributed by atoms with Gasteiger partial charge in [0.25, 0.3) is 0 Å². The highest BCUT2D eigenvalue weighted by Crippen LogP contribution is 2.30. The van der Waals surface area contributed by atoms with E-state index in [2.05, 4.69) is 12.2 Å². The quantitative estimate of drug-likeness (QED) is 0.735. The number of benzene rings is 1. The van der Waals surface area contributed by atoms with E-state index in [1.54, 1.807) is 6.92 Å². The van der Waals surface area contributed by atoms with Crippen LogP contribution >= 0.6 is 12.2 Å². The van der Waals surface area contributed by atoms with Crippen molar-refractivity contribution >= 4 is 17.2 Å². The number of hydrogen-bond donors (Lipinski definition) is 1. The molecular formula is C9H8F3NS. The van der Waals surface area contributed by atoms with E-state index in [1.165, 1.54) is 6.07 Å². The molecule has 1 aromatic rings. The minimum absolute atomic E-state index is 0.108. The molecular weight excluding hydrogens is 211 g/mol. The van der Waals surface area contributed by atoms with Crippen molar-refractivity contribution in [3.8, 4) is 0 Å². The Bertz CT molecular complexity index is 371. The van der Waals surface area contributed by atoms with Crippen LogP contribution in [0.1, 0.15) is 16.7 Å². The van der Waals surface area contributed by atoms with Crippen LogP contribution in [-0.2, 0) is 6.18 Å². The van der Waals surface area contributed by atoms with Crippen molar-refractivity contribution in [3.63, 3.8) is 0 Å². The second-order valence-electron chi connectivity index (χ2n) is 2.89. The maximum absolute atomic E-state index is 12.2. The molecule has 0 aliphatic rings. The van der Waals surface area contributed by atoms with Gasteiger partial charge in [0.15, 0.2) is 0 Å². The maximum Gasteiger partial charge on any atom is 0.416 e. The zero-order chi connectivity index (χ0) is 10.9. The van der Waals surface area contributed by atoms with Crippen LogP contribution in [0.3, 0.4) is 0 Å². The second kappa shape index (κ2) is 3.57. The monoisotopic (exact) mass is 219 g/mol. The molecule has 14 heavy (non-hydrogen) atoms. The zero-order valence-electron chi connectivity index (χ0n) is 7.35. The lowest BCUT2D eigenvalue weighted by atomic mass is 10.1. The number of thiocarbonyl (C=S) groups is 1. The molecule has 0 saturated heterocycles. The van der Waals surface area contributed by atoms with Crippen molar-refractivity contribution in [2.75, 3.05) is 0 Å². The summed E-state index contributed by atoms with van der Waals surface area (Å²) in [5, 5.41) is 0. The Labute approximate surface area is 84.7 Å². The van der Waals surface area contributed by atoms with Gasteiger partial charge >= 0.3 is 6.18 Å².